The Hall–Kier alpha value is -1.51. The molecule has 3 rings (SSSR count). The molecule has 0 radical (unpaired) electrons. The third-order valence-corrected chi connectivity index (χ3v) is 9.34. The first kappa shape index (κ1) is 17.3. The first-order chi connectivity index (χ1) is 11.3. The Labute approximate surface area is 137 Å². The summed E-state index contributed by atoms with van der Waals surface area (Å²) in [5.74, 6) is 5.29. The fourth-order valence-corrected chi connectivity index (χ4v) is 8.28. The molecule has 0 aromatic heterocycles. The SMILES string of the molecule is FP1(F)=NP(F)(F)=NP(C#CC2=CC=CC2)(C#CC2=CC=CC2)=N1. The van der Waals surface area contributed by atoms with E-state index in [0.717, 1.165) is 0 Å². The van der Waals surface area contributed by atoms with E-state index in [0.29, 0.717) is 24.0 Å². The zero-order valence-electron chi connectivity index (χ0n) is 12.1. The summed E-state index contributed by atoms with van der Waals surface area (Å²) in [5, 5.41) is 0. The number of hydrogen-bond donors (Lipinski definition) is 0. The Morgan fingerprint density at radius 1 is 0.750 bits per heavy atom. The third kappa shape index (κ3) is 4.31. The van der Waals surface area contributed by atoms with E-state index < -0.39 is 22.9 Å². The minimum Gasteiger partial charge on any atom is -0.161 e. The van der Waals surface area contributed by atoms with Crippen LogP contribution in [0.2, 0.25) is 0 Å². The van der Waals surface area contributed by atoms with Crippen molar-refractivity contribution in [1.82, 2.24) is 0 Å². The van der Waals surface area contributed by atoms with Crippen LogP contribution in [0, 0.1) is 23.2 Å². The lowest BCUT2D eigenvalue weighted by Crippen LogP contribution is -1.79. The van der Waals surface area contributed by atoms with Crippen molar-refractivity contribution in [2.45, 2.75) is 12.8 Å². The summed E-state index contributed by atoms with van der Waals surface area (Å²) in [6.07, 6.45) is 11.6. The molecular formula is C14H10F4N3P3. The van der Waals surface area contributed by atoms with Crippen LogP contribution < -0.4 is 0 Å². The standard InChI is InChI=1S/C14H10F4N3P3/c15-23(16)19-22(20-24(17,18)21-23,11-9-13-5-1-2-6-13)12-10-14-7-3-4-8-14/h1-5,7H,6,8H2. The van der Waals surface area contributed by atoms with Gasteiger partial charge in [-0.1, -0.05) is 48.3 Å². The van der Waals surface area contributed by atoms with Gasteiger partial charge in [0.15, 0.2) is 0 Å². The largest absolute Gasteiger partial charge is 0.422 e. The summed E-state index contributed by atoms with van der Waals surface area (Å²) in [5.41, 5.74) is 6.16. The average Bonchev–Trinajstić information content (AvgIpc) is 3.13. The van der Waals surface area contributed by atoms with E-state index in [9.17, 15) is 16.8 Å². The molecule has 3 aliphatic rings. The molecule has 124 valence electrons. The minimum atomic E-state index is -5.47. The molecule has 10 heteroatoms. The number of allylic oxidation sites excluding steroid dienone is 8. The Kier molecular flexibility index (Phi) is 4.63. The molecule has 0 bridgehead atoms. The van der Waals surface area contributed by atoms with Crippen LogP contribution in [0.4, 0.5) is 16.8 Å². The second kappa shape index (κ2) is 6.42. The summed E-state index contributed by atoms with van der Waals surface area (Å²) in [6, 6.07) is 0. The molecule has 2 aliphatic carbocycles. The molecule has 0 spiro atoms. The monoisotopic (exact) mass is 389 g/mol. The van der Waals surface area contributed by atoms with Crippen molar-refractivity contribution in [1.29, 1.82) is 0 Å². The second-order valence-electron chi connectivity index (χ2n) is 4.90. The van der Waals surface area contributed by atoms with E-state index in [2.05, 4.69) is 36.7 Å². The van der Waals surface area contributed by atoms with Gasteiger partial charge in [-0.2, -0.15) is 9.03 Å². The maximum atomic E-state index is 13.7. The topological polar surface area (TPSA) is 37.1 Å². The van der Waals surface area contributed by atoms with E-state index in [4.69, 9.17) is 0 Å². The molecule has 0 saturated carbocycles. The first-order valence-electron chi connectivity index (χ1n) is 6.76. The van der Waals surface area contributed by atoms with Gasteiger partial charge in [0.1, 0.15) is 0 Å². The molecule has 0 unspecified atom stereocenters. The number of nitrogens with zero attached hydrogens (tertiary/aromatic N) is 3. The third-order valence-electron chi connectivity index (χ3n) is 2.98. The van der Waals surface area contributed by atoms with Crippen molar-refractivity contribution >= 4 is 22.9 Å². The van der Waals surface area contributed by atoms with Crippen LogP contribution in [0.5, 0.6) is 0 Å². The van der Waals surface area contributed by atoms with Crippen molar-refractivity contribution in [2.75, 3.05) is 0 Å². The fraction of sp³-hybridized carbons (Fsp3) is 0.143. The van der Waals surface area contributed by atoms with Crippen LogP contribution in [-0.2, 0) is 0 Å². The number of rotatable bonds is 0. The maximum Gasteiger partial charge on any atom is 0.422 e. The van der Waals surface area contributed by atoms with E-state index in [-0.39, 0.29) is 0 Å². The smallest absolute Gasteiger partial charge is 0.161 e. The molecular weight excluding hydrogens is 379 g/mol. The van der Waals surface area contributed by atoms with Gasteiger partial charge in [0, 0.05) is 11.1 Å². The second-order valence-corrected chi connectivity index (χ2v) is 10.5. The molecule has 0 saturated heterocycles. The molecule has 3 nitrogen and oxygen atoms in total. The highest BCUT2D eigenvalue weighted by molar-refractivity contribution is 7.86. The molecule has 0 atom stereocenters. The zero-order valence-corrected chi connectivity index (χ0v) is 14.8. The van der Waals surface area contributed by atoms with Gasteiger partial charge in [-0.15, -0.1) is 21.3 Å². The van der Waals surface area contributed by atoms with Crippen molar-refractivity contribution in [3.8, 4) is 23.2 Å². The zero-order chi connectivity index (χ0) is 17.3. The summed E-state index contributed by atoms with van der Waals surface area (Å²) < 4.78 is 63.5. The number of halogens is 4. The summed E-state index contributed by atoms with van der Waals surface area (Å²) >= 11 is 0. The molecule has 0 amide bonds. The van der Waals surface area contributed by atoms with Gasteiger partial charge in [0.25, 0.3) is 0 Å². The van der Waals surface area contributed by atoms with Gasteiger partial charge < -0.3 is 0 Å². The lowest BCUT2D eigenvalue weighted by atomic mass is 10.2. The lowest BCUT2D eigenvalue weighted by molar-refractivity contribution is 0.701. The average molecular weight is 389 g/mol. The lowest BCUT2D eigenvalue weighted by Gasteiger charge is -2.14. The molecule has 24 heavy (non-hydrogen) atoms. The molecule has 0 aromatic rings. The Morgan fingerprint density at radius 3 is 1.67 bits per heavy atom. The minimum absolute atomic E-state index is 0.525. The van der Waals surface area contributed by atoms with Crippen LogP contribution in [0.1, 0.15) is 12.8 Å². The highest BCUT2D eigenvalue weighted by Gasteiger charge is 2.37. The van der Waals surface area contributed by atoms with Gasteiger partial charge in [-0.05, 0) is 24.2 Å². The highest BCUT2D eigenvalue weighted by Crippen LogP contribution is 2.80. The first-order valence-corrected chi connectivity index (χ1v) is 11.4. The van der Waals surface area contributed by atoms with Gasteiger partial charge in [0.05, 0.1) is 0 Å². The van der Waals surface area contributed by atoms with E-state index in [1.165, 1.54) is 0 Å². The van der Waals surface area contributed by atoms with Crippen molar-refractivity contribution < 1.29 is 16.8 Å². The Morgan fingerprint density at radius 2 is 1.25 bits per heavy atom. The normalized spacial score (nSPS) is 24.2. The predicted molar refractivity (Wildman–Crippen MR) is 91.7 cm³/mol. The summed E-state index contributed by atoms with van der Waals surface area (Å²) in [6.45, 7) is 0. The van der Waals surface area contributed by atoms with E-state index >= 15 is 0 Å². The molecule has 0 N–H and O–H groups in total. The molecule has 0 fully saturated rings. The predicted octanol–water partition coefficient (Wildman–Crippen LogP) is 7.58. The van der Waals surface area contributed by atoms with Crippen LogP contribution >= 0.6 is 22.9 Å². The van der Waals surface area contributed by atoms with Gasteiger partial charge >= 0.3 is 15.7 Å². The Bertz CT molecular complexity index is 938. The van der Waals surface area contributed by atoms with Gasteiger partial charge in [-0.25, -0.2) is 0 Å². The molecule has 0 aromatic carbocycles. The molecule has 1 heterocycles. The van der Waals surface area contributed by atoms with Crippen LogP contribution in [0.15, 0.2) is 61.1 Å². The van der Waals surface area contributed by atoms with Crippen LogP contribution in [0.3, 0.4) is 0 Å². The van der Waals surface area contributed by atoms with E-state index in [1.54, 1.807) is 24.3 Å². The van der Waals surface area contributed by atoms with Crippen molar-refractivity contribution in [2.24, 2.45) is 13.5 Å². The van der Waals surface area contributed by atoms with E-state index in [1.807, 2.05) is 12.2 Å². The number of hydrogen-bond acceptors (Lipinski definition) is 3. The highest BCUT2D eigenvalue weighted by atomic mass is 31.3. The maximum absolute atomic E-state index is 13.7. The van der Waals surface area contributed by atoms with Crippen LogP contribution in [0.25, 0.3) is 0 Å². The van der Waals surface area contributed by atoms with Crippen molar-refractivity contribution in [3.63, 3.8) is 0 Å². The Balaban J connectivity index is 2.13. The quantitative estimate of drug-likeness (QED) is 0.233. The van der Waals surface area contributed by atoms with Crippen molar-refractivity contribution in [3.05, 3.63) is 47.6 Å². The fourth-order valence-electron chi connectivity index (χ4n) is 1.99. The van der Waals surface area contributed by atoms with Gasteiger partial charge in [0.2, 0.25) is 7.21 Å². The summed E-state index contributed by atoms with van der Waals surface area (Å²) in [7, 11) is -14.8. The summed E-state index contributed by atoms with van der Waals surface area (Å²) in [4.78, 5) is 0. The van der Waals surface area contributed by atoms with Crippen LogP contribution in [-0.4, -0.2) is 0 Å². The van der Waals surface area contributed by atoms with Gasteiger partial charge in [-0.3, -0.25) is 0 Å². The molecule has 1 aliphatic heterocycles.